The highest BCUT2D eigenvalue weighted by atomic mass is 19.1. The van der Waals surface area contributed by atoms with Gasteiger partial charge in [0.15, 0.2) is 0 Å². The molecule has 2 atom stereocenters. The van der Waals surface area contributed by atoms with Gasteiger partial charge in [-0.15, -0.1) is 0 Å². The van der Waals surface area contributed by atoms with Crippen LogP contribution in [0.4, 0.5) is 4.39 Å². The van der Waals surface area contributed by atoms with E-state index in [4.69, 9.17) is 0 Å². The fraction of sp³-hybridized carbons (Fsp3) is 0.706. The van der Waals surface area contributed by atoms with Gasteiger partial charge in [0.2, 0.25) is 0 Å². The number of aromatic nitrogens is 1. The number of piperidine rings is 1. The first kappa shape index (κ1) is 16.4. The first-order valence-electron chi connectivity index (χ1n) is 7.95. The quantitative estimate of drug-likeness (QED) is 0.904. The predicted octanol–water partition coefficient (Wildman–Crippen LogP) is 3.40. The fourth-order valence-corrected chi connectivity index (χ4v) is 2.99. The summed E-state index contributed by atoms with van der Waals surface area (Å²) in [5, 5.41) is 10.3. The Hall–Kier alpha value is -1.00. The topological polar surface area (TPSA) is 36.4 Å². The van der Waals surface area contributed by atoms with E-state index in [0.717, 1.165) is 19.6 Å². The van der Waals surface area contributed by atoms with Gasteiger partial charge >= 0.3 is 0 Å². The van der Waals surface area contributed by atoms with Crippen LogP contribution in [0, 0.1) is 17.2 Å². The number of aliphatic hydroxyl groups excluding tert-OH is 1. The third kappa shape index (κ3) is 4.24. The van der Waals surface area contributed by atoms with Crippen LogP contribution in [0.1, 0.15) is 51.8 Å². The van der Waals surface area contributed by atoms with Crippen molar-refractivity contribution < 1.29 is 9.50 Å². The first-order valence-corrected chi connectivity index (χ1v) is 7.95. The Morgan fingerprint density at radius 2 is 2.05 bits per heavy atom. The molecule has 2 heterocycles. The maximum absolute atomic E-state index is 12.9. The molecule has 1 aromatic heterocycles. The Bertz CT molecular complexity index is 441. The summed E-state index contributed by atoms with van der Waals surface area (Å²) in [5.74, 6) is -0.276. The molecule has 1 aromatic rings. The monoisotopic (exact) mass is 294 g/mol. The lowest BCUT2D eigenvalue weighted by atomic mass is 9.78. The van der Waals surface area contributed by atoms with Crippen molar-refractivity contribution in [2.45, 2.75) is 46.1 Å². The van der Waals surface area contributed by atoms with E-state index in [1.807, 2.05) is 6.92 Å². The van der Waals surface area contributed by atoms with Crippen molar-refractivity contribution in [3.63, 3.8) is 0 Å². The normalized spacial score (nSPS) is 22.0. The van der Waals surface area contributed by atoms with Crippen molar-refractivity contribution in [2.24, 2.45) is 11.3 Å². The smallest absolute Gasteiger partial charge is 0.141 e. The minimum absolute atomic E-state index is 0.0916. The van der Waals surface area contributed by atoms with Crippen molar-refractivity contribution in [3.8, 4) is 0 Å². The number of likely N-dealkylation sites (tertiary alicyclic amines) is 1. The molecule has 21 heavy (non-hydrogen) atoms. The van der Waals surface area contributed by atoms with E-state index in [1.165, 1.54) is 31.5 Å². The van der Waals surface area contributed by atoms with Crippen LogP contribution in [0.2, 0.25) is 0 Å². The highest BCUT2D eigenvalue weighted by Gasteiger charge is 2.29. The molecule has 2 rings (SSSR count). The molecule has 0 saturated carbocycles. The van der Waals surface area contributed by atoms with Crippen LogP contribution in [-0.2, 0) is 0 Å². The molecule has 1 aliphatic heterocycles. The molecule has 0 spiro atoms. The number of pyridine rings is 1. The molecular weight excluding hydrogens is 267 g/mol. The Balaban J connectivity index is 1.87. The summed E-state index contributed by atoms with van der Waals surface area (Å²) in [6, 6.07) is 2.92. The maximum Gasteiger partial charge on any atom is 0.141 e. The largest absolute Gasteiger partial charge is 0.386 e. The summed E-state index contributed by atoms with van der Waals surface area (Å²) < 4.78 is 12.9. The number of nitrogens with zero attached hydrogens (tertiary/aromatic N) is 2. The molecule has 1 saturated heterocycles. The standard InChI is InChI=1S/C17H27FN2O/c1-4-17(3)7-9-20(10-8-17)12-13(2)16(21)15-6-5-14(18)11-19-15/h5-6,11,13,16,21H,4,7-10,12H2,1-3H3. The first-order chi connectivity index (χ1) is 9.93. The van der Waals surface area contributed by atoms with Gasteiger partial charge in [-0.1, -0.05) is 27.2 Å². The minimum Gasteiger partial charge on any atom is -0.386 e. The Labute approximate surface area is 127 Å². The lowest BCUT2D eigenvalue weighted by molar-refractivity contribution is 0.0555. The van der Waals surface area contributed by atoms with Gasteiger partial charge in [0, 0.05) is 12.5 Å². The Morgan fingerprint density at radius 1 is 1.38 bits per heavy atom. The Morgan fingerprint density at radius 3 is 2.57 bits per heavy atom. The molecule has 1 N–H and O–H groups in total. The number of hydrogen-bond donors (Lipinski definition) is 1. The van der Waals surface area contributed by atoms with E-state index in [1.54, 1.807) is 6.07 Å². The molecule has 0 amide bonds. The van der Waals surface area contributed by atoms with Crippen LogP contribution in [-0.4, -0.2) is 34.6 Å². The van der Waals surface area contributed by atoms with E-state index in [9.17, 15) is 9.50 Å². The van der Waals surface area contributed by atoms with Gasteiger partial charge in [0.25, 0.3) is 0 Å². The second-order valence-corrected chi connectivity index (χ2v) is 6.79. The molecule has 2 unspecified atom stereocenters. The number of hydrogen-bond acceptors (Lipinski definition) is 3. The van der Waals surface area contributed by atoms with Gasteiger partial charge in [-0.25, -0.2) is 4.39 Å². The molecule has 0 aliphatic carbocycles. The zero-order chi connectivity index (χ0) is 15.5. The van der Waals surface area contributed by atoms with Crippen molar-refractivity contribution in [3.05, 3.63) is 29.8 Å². The molecule has 0 aromatic carbocycles. The lowest BCUT2D eigenvalue weighted by Crippen LogP contribution is -2.41. The van der Waals surface area contributed by atoms with Crippen molar-refractivity contribution in [1.82, 2.24) is 9.88 Å². The van der Waals surface area contributed by atoms with E-state index in [-0.39, 0.29) is 11.7 Å². The summed E-state index contributed by atoms with van der Waals surface area (Å²) in [6.45, 7) is 9.72. The lowest BCUT2D eigenvalue weighted by Gasteiger charge is -2.40. The van der Waals surface area contributed by atoms with Gasteiger partial charge in [0.05, 0.1) is 18.0 Å². The maximum atomic E-state index is 12.9. The third-order valence-electron chi connectivity index (χ3n) is 5.06. The van der Waals surface area contributed by atoms with Crippen LogP contribution < -0.4 is 0 Å². The zero-order valence-electron chi connectivity index (χ0n) is 13.3. The van der Waals surface area contributed by atoms with Gasteiger partial charge in [0.1, 0.15) is 5.82 Å². The van der Waals surface area contributed by atoms with Crippen LogP contribution in [0.3, 0.4) is 0 Å². The van der Waals surface area contributed by atoms with Crippen LogP contribution in [0.5, 0.6) is 0 Å². The molecule has 0 bridgehead atoms. The molecular formula is C17H27FN2O. The molecule has 118 valence electrons. The average molecular weight is 294 g/mol. The van der Waals surface area contributed by atoms with Gasteiger partial charge in [-0.3, -0.25) is 4.98 Å². The molecule has 1 fully saturated rings. The van der Waals surface area contributed by atoms with Gasteiger partial charge in [-0.05, 0) is 43.5 Å². The van der Waals surface area contributed by atoms with E-state index < -0.39 is 6.10 Å². The van der Waals surface area contributed by atoms with Crippen molar-refractivity contribution in [2.75, 3.05) is 19.6 Å². The average Bonchev–Trinajstić information content (AvgIpc) is 2.50. The van der Waals surface area contributed by atoms with E-state index in [2.05, 4.69) is 23.7 Å². The molecule has 0 radical (unpaired) electrons. The van der Waals surface area contributed by atoms with Crippen LogP contribution in [0.15, 0.2) is 18.3 Å². The highest BCUT2D eigenvalue weighted by Crippen LogP contribution is 2.34. The zero-order valence-corrected chi connectivity index (χ0v) is 13.3. The summed E-state index contributed by atoms with van der Waals surface area (Å²) in [7, 11) is 0. The van der Waals surface area contributed by atoms with Crippen molar-refractivity contribution in [1.29, 1.82) is 0 Å². The number of rotatable bonds is 5. The summed E-state index contributed by atoms with van der Waals surface area (Å²) >= 11 is 0. The van der Waals surface area contributed by atoms with Crippen LogP contribution in [0.25, 0.3) is 0 Å². The number of halogens is 1. The molecule has 1 aliphatic rings. The highest BCUT2D eigenvalue weighted by molar-refractivity contribution is 5.09. The molecule has 4 heteroatoms. The number of aliphatic hydroxyl groups is 1. The van der Waals surface area contributed by atoms with Gasteiger partial charge in [-0.2, -0.15) is 0 Å². The molecule has 3 nitrogen and oxygen atoms in total. The Kier molecular flexibility index (Phi) is 5.33. The minimum atomic E-state index is -0.634. The van der Waals surface area contributed by atoms with E-state index >= 15 is 0 Å². The summed E-state index contributed by atoms with van der Waals surface area (Å²) in [6.07, 6.45) is 4.21. The van der Waals surface area contributed by atoms with Crippen molar-refractivity contribution >= 4 is 0 Å². The fourth-order valence-electron chi connectivity index (χ4n) is 2.99. The van der Waals surface area contributed by atoms with E-state index in [0.29, 0.717) is 11.1 Å². The SMILES string of the molecule is CCC1(C)CCN(CC(C)C(O)c2ccc(F)cn2)CC1. The van der Waals surface area contributed by atoms with Gasteiger partial charge < -0.3 is 10.0 Å². The van der Waals surface area contributed by atoms with Crippen LogP contribution >= 0.6 is 0 Å². The predicted molar refractivity (Wildman–Crippen MR) is 82.4 cm³/mol. The second-order valence-electron chi connectivity index (χ2n) is 6.79. The second kappa shape index (κ2) is 6.84. The summed E-state index contributed by atoms with van der Waals surface area (Å²) in [5.41, 5.74) is 1.04. The summed E-state index contributed by atoms with van der Waals surface area (Å²) in [4.78, 5) is 6.41. The third-order valence-corrected chi connectivity index (χ3v) is 5.06.